The molecule has 0 aromatic heterocycles. The van der Waals surface area contributed by atoms with Gasteiger partial charge in [-0.15, -0.1) is 0 Å². The molecule has 4 nitrogen and oxygen atoms in total. The highest BCUT2D eigenvalue weighted by Crippen LogP contribution is 2.20. The molecule has 1 heterocycles. The molecule has 0 radical (unpaired) electrons. The van der Waals surface area contributed by atoms with Gasteiger partial charge in [-0.2, -0.15) is 0 Å². The van der Waals surface area contributed by atoms with Crippen molar-refractivity contribution >= 4 is 23.3 Å². The monoisotopic (exact) mass is 323 g/mol. The maximum atomic E-state index is 11.9. The third-order valence-corrected chi connectivity index (χ3v) is 4.64. The van der Waals surface area contributed by atoms with E-state index in [1.165, 1.54) is 13.0 Å². The van der Waals surface area contributed by atoms with Gasteiger partial charge in [-0.25, -0.2) is 4.79 Å². The summed E-state index contributed by atoms with van der Waals surface area (Å²) < 4.78 is 0. The van der Waals surface area contributed by atoms with Crippen LogP contribution < -0.4 is 10.6 Å². The van der Waals surface area contributed by atoms with E-state index in [2.05, 4.69) is 22.5 Å². The SMILES string of the molecule is CCCN1CCC(CNC(=O)Nc2ccc(C)c(Cl)c2)CC1. The molecule has 0 aliphatic carbocycles. The summed E-state index contributed by atoms with van der Waals surface area (Å²) >= 11 is 6.06. The fourth-order valence-electron chi connectivity index (χ4n) is 2.81. The van der Waals surface area contributed by atoms with Gasteiger partial charge in [0.2, 0.25) is 0 Å². The number of nitrogens with one attached hydrogen (secondary N) is 2. The van der Waals surface area contributed by atoms with Crippen molar-refractivity contribution in [2.24, 2.45) is 5.92 Å². The van der Waals surface area contributed by atoms with E-state index in [1.54, 1.807) is 6.07 Å². The van der Waals surface area contributed by atoms with Crippen LogP contribution in [0, 0.1) is 12.8 Å². The average molecular weight is 324 g/mol. The number of benzene rings is 1. The van der Waals surface area contributed by atoms with E-state index < -0.39 is 0 Å². The van der Waals surface area contributed by atoms with E-state index in [9.17, 15) is 4.79 Å². The lowest BCUT2D eigenvalue weighted by atomic mass is 9.97. The Morgan fingerprint density at radius 2 is 2.09 bits per heavy atom. The molecule has 0 unspecified atom stereocenters. The van der Waals surface area contributed by atoms with Gasteiger partial charge in [0.05, 0.1) is 0 Å². The van der Waals surface area contributed by atoms with Crippen LogP contribution in [0.2, 0.25) is 5.02 Å². The number of hydrogen-bond acceptors (Lipinski definition) is 2. The number of piperidine rings is 1. The summed E-state index contributed by atoms with van der Waals surface area (Å²) in [6.07, 6.45) is 3.54. The molecule has 1 aliphatic rings. The van der Waals surface area contributed by atoms with Gasteiger partial charge in [0.15, 0.2) is 0 Å². The first-order valence-electron chi connectivity index (χ1n) is 8.12. The third-order valence-electron chi connectivity index (χ3n) is 4.23. The zero-order chi connectivity index (χ0) is 15.9. The minimum absolute atomic E-state index is 0.157. The quantitative estimate of drug-likeness (QED) is 0.863. The number of anilines is 1. The van der Waals surface area contributed by atoms with E-state index in [4.69, 9.17) is 11.6 Å². The Hall–Kier alpha value is -1.26. The summed E-state index contributed by atoms with van der Waals surface area (Å²) in [6.45, 7) is 8.39. The summed E-state index contributed by atoms with van der Waals surface area (Å²) in [5, 5.41) is 6.47. The smallest absolute Gasteiger partial charge is 0.319 e. The molecule has 1 aliphatic heterocycles. The maximum absolute atomic E-state index is 11.9. The number of amides is 2. The van der Waals surface area contributed by atoms with Gasteiger partial charge < -0.3 is 15.5 Å². The summed E-state index contributed by atoms with van der Waals surface area (Å²) in [5.41, 5.74) is 1.73. The number of nitrogens with zero attached hydrogens (tertiary/aromatic N) is 1. The summed E-state index contributed by atoms with van der Waals surface area (Å²) in [4.78, 5) is 14.4. The molecule has 2 rings (SSSR count). The molecule has 0 spiro atoms. The van der Waals surface area contributed by atoms with Crippen LogP contribution in [0.4, 0.5) is 10.5 Å². The van der Waals surface area contributed by atoms with E-state index in [-0.39, 0.29) is 6.03 Å². The van der Waals surface area contributed by atoms with Gasteiger partial charge in [-0.3, -0.25) is 0 Å². The maximum Gasteiger partial charge on any atom is 0.319 e. The number of carbonyl (C=O) groups is 1. The first kappa shape index (κ1) is 17.1. The molecule has 1 aromatic carbocycles. The third kappa shape index (κ3) is 5.18. The lowest BCUT2D eigenvalue weighted by molar-refractivity contribution is 0.182. The predicted molar refractivity (Wildman–Crippen MR) is 92.7 cm³/mol. The number of likely N-dealkylation sites (tertiary alicyclic amines) is 1. The molecule has 1 saturated heterocycles. The van der Waals surface area contributed by atoms with Gasteiger partial charge in [0.1, 0.15) is 0 Å². The van der Waals surface area contributed by atoms with Gasteiger partial charge >= 0.3 is 6.03 Å². The van der Waals surface area contributed by atoms with Crippen molar-refractivity contribution in [3.63, 3.8) is 0 Å². The Bertz CT molecular complexity index is 499. The zero-order valence-electron chi connectivity index (χ0n) is 13.5. The van der Waals surface area contributed by atoms with Gasteiger partial charge in [-0.05, 0) is 69.4 Å². The van der Waals surface area contributed by atoms with E-state index in [1.807, 2.05) is 19.1 Å². The Morgan fingerprint density at radius 3 is 2.73 bits per heavy atom. The molecule has 0 saturated carbocycles. The van der Waals surface area contributed by atoms with Crippen molar-refractivity contribution in [3.8, 4) is 0 Å². The lowest BCUT2D eigenvalue weighted by Gasteiger charge is -2.31. The van der Waals surface area contributed by atoms with Crippen LogP contribution in [0.5, 0.6) is 0 Å². The van der Waals surface area contributed by atoms with Gasteiger partial charge in [0.25, 0.3) is 0 Å². The topological polar surface area (TPSA) is 44.4 Å². The number of urea groups is 1. The number of aryl methyl sites for hydroxylation is 1. The normalized spacial score (nSPS) is 16.5. The molecule has 0 atom stereocenters. The van der Waals surface area contributed by atoms with E-state index >= 15 is 0 Å². The van der Waals surface area contributed by atoms with Gasteiger partial charge in [-0.1, -0.05) is 24.6 Å². The molecule has 122 valence electrons. The predicted octanol–water partition coefficient (Wildman–Crippen LogP) is 3.89. The molecular formula is C17H26ClN3O. The minimum atomic E-state index is -0.157. The lowest BCUT2D eigenvalue weighted by Crippen LogP contribution is -2.40. The van der Waals surface area contributed by atoms with Crippen molar-refractivity contribution in [1.82, 2.24) is 10.2 Å². The van der Waals surface area contributed by atoms with Crippen LogP contribution >= 0.6 is 11.6 Å². The highest BCUT2D eigenvalue weighted by atomic mass is 35.5. The van der Waals surface area contributed by atoms with Crippen LogP contribution in [-0.2, 0) is 0 Å². The second-order valence-electron chi connectivity index (χ2n) is 6.08. The highest BCUT2D eigenvalue weighted by Gasteiger charge is 2.18. The molecule has 2 amide bonds. The Kier molecular flexibility index (Phi) is 6.52. The summed E-state index contributed by atoms with van der Waals surface area (Å²) in [6, 6.07) is 5.39. The first-order valence-corrected chi connectivity index (χ1v) is 8.49. The molecule has 1 aromatic rings. The second-order valence-corrected chi connectivity index (χ2v) is 6.49. The van der Waals surface area contributed by atoms with Crippen LogP contribution in [0.15, 0.2) is 18.2 Å². The Labute approximate surface area is 138 Å². The highest BCUT2D eigenvalue weighted by molar-refractivity contribution is 6.31. The van der Waals surface area contributed by atoms with Crippen molar-refractivity contribution in [3.05, 3.63) is 28.8 Å². The molecule has 2 N–H and O–H groups in total. The number of hydrogen-bond donors (Lipinski definition) is 2. The van der Waals surface area contributed by atoms with Crippen molar-refractivity contribution in [2.45, 2.75) is 33.1 Å². The fraction of sp³-hybridized carbons (Fsp3) is 0.588. The number of carbonyl (C=O) groups excluding carboxylic acids is 1. The molecule has 0 bridgehead atoms. The first-order chi connectivity index (χ1) is 10.6. The van der Waals surface area contributed by atoms with Crippen LogP contribution in [-0.4, -0.2) is 37.1 Å². The van der Waals surface area contributed by atoms with Crippen LogP contribution in [0.3, 0.4) is 0 Å². The number of rotatable bonds is 5. The van der Waals surface area contributed by atoms with Crippen molar-refractivity contribution in [1.29, 1.82) is 0 Å². The van der Waals surface area contributed by atoms with Crippen molar-refractivity contribution in [2.75, 3.05) is 31.5 Å². The minimum Gasteiger partial charge on any atom is -0.338 e. The Morgan fingerprint density at radius 1 is 1.36 bits per heavy atom. The summed E-state index contributed by atoms with van der Waals surface area (Å²) in [5.74, 6) is 0.584. The van der Waals surface area contributed by atoms with Crippen LogP contribution in [0.25, 0.3) is 0 Å². The summed E-state index contributed by atoms with van der Waals surface area (Å²) in [7, 11) is 0. The van der Waals surface area contributed by atoms with Crippen molar-refractivity contribution < 1.29 is 4.79 Å². The number of halogens is 1. The van der Waals surface area contributed by atoms with E-state index in [0.29, 0.717) is 10.9 Å². The molecule has 5 heteroatoms. The van der Waals surface area contributed by atoms with E-state index in [0.717, 1.165) is 43.7 Å². The molecule has 1 fully saturated rings. The zero-order valence-corrected chi connectivity index (χ0v) is 14.2. The largest absolute Gasteiger partial charge is 0.338 e. The average Bonchev–Trinajstić information content (AvgIpc) is 2.51. The van der Waals surface area contributed by atoms with Gasteiger partial charge in [0, 0.05) is 17.3 Å². The molecule has 22 heavy (non-hydrogen) atoms. The molecular weight excluding hydrogens is 298 g/mol. The Balaban J connectivity index is 1.71. The second kappa shape index (κ2) is 8.39. The standard InChI is InChI=1S/C17H26ClN3O/c1-3-8-21-9-6-14(7-10-21)12-19-17(22)20-15-5-4-13(2)16(18)11-15/h4-5,11,14H,3,6-10,12H2,1-2H3,(H2,19,20,22). The fourth-order valence-corrected chi connectivity index (χ4v) is 2.99. The van der Waals surface area contributed by atoms with Crippen LogP contribution in [0.1, 0.15) is 31.7 Å².